The first kappa shape index (κ1) is 32.8. The molecule has 0 unspecified atom stereocenters. The number of carbonyl (C=O) groups is 2. The zero-order valence-corrected chi connectivity index (χ0v) is 27.1. The highest BCUT2D eigenvalue weighted by atomic mass is 16.5. The maximum absolute atomic E-state index is 13.7. The standard InChI is InChI=1S/C34H42N4O8/c1-22(21-43-2)38-33(41)28(27-7-6-8-29(45-4)32(27)46-5)19-36(34(38)42)20-31(40)35-14-12-25(13-15-35)37-16-11-24-17-26(44-3)10-9-23(24)18-30(37)39/h6-10,17,19,22,25H,11-16,18,20-21H2,1-5H3/t22-/m0/s1. The van der Waals surface area contributed by atoms with E-state index in [9.17, 15) is 19.2 Å². The van der Waals surface area contributed by atoms with Crippen molar-refractivity contribution < 1.29 is 28.5 Å². The van der Waals surface area contributed by atoms with Crippen molar-refractivity contribution in [3.8, 4) is 28.4 Å². The Morgan fingerprint density at radius 2 is 1.67 bits per heavy atom. The second-order valence-electron chi connectivity index (χ2n) is 11.7. The lowest BCUT2D eigenvalue weighted by Crippen LogP contribution is -2.50. The SMILES string of the molecule is COC[C@H](C)n1c(=O)c(-c2cccc(OC)c2OC)cn(CC(=O)N2CCC(N3CCc4cc(OC)ccc4CC3=O)CC2)c1=O. The maximum Gasteiger partial charge on any atom is 0.331 e. The number of nitrogens with zero attached hydrogens (tertiary/aromatic N) is 4. The zero-order chi connectivity index (χ0) is 33.0. The molecule has 2 amide bonds. The number of hydrogen-bond acceptors (Lipinski definition) is 8. The van der Waals surface area contributed by atoms with E-state index in [1.807, 2.05) is 23.1 Å². The van der Waals surface area contributed by atoms with Gasteiger partial charge in [0.15, 0.2) is 11.5 Å². The fourth-order valence-corrected chi connectivity index (χ4v) is 6.55. The van der Waals surface area contributed by atoms with Gasteiger partial charge < -0.3 is 28.7 Å². The van der Waals surface area contributed by atoms with E-state index in [0.717, 1.165) is 27.9 Å². The Morgan fingerprint density at radius 3 is 2.35 bits per heavy atom. The van der Waals surface area contributed by atoms with E-state index >= 15 is 0 Å². The average molecular weight is 635 g/mol. The predicted octanol–water partition coefficient (Wildman–Crippen LogP) is 2.53. The van der Waals surface area contributed by atoms with Gasteiger partial charge in [-0.15, -0.1) is 0 Å². The molecule has 12 heteroatoms. The smallest absolute Gasteiger partial charge is 0.331 e. The van der Waals surface area contributed by atoms with Crippen LogP contribution in [0, 0.1) is 0 Å². The third-order valence-corrected chi connectivity index (χ3v) is 8.99. The van der Waals surface area contributed by atoms with Crippen LogP contribution in [0.1, 0.15) is 36.9 Å². The Bertz CT molecular complexity index is 1710. The molecule has 0 radical (unpaired) electrons. The molecule has 2 aliphatic heterocycles. The minimum Gasteiger partial charge on any atom is -0.497 e. The molecule has 3 aromatic rings. The van der Waals surface area contributed by atoms with Crippen LogP contribution < -0.4 is 25.5 Å². The summed E-state index contributed by atoms with van der Waals surface area (Å²) in [6.07, 6.45) is 3.80. The molecule has 0 bridgehead atoms. The zero-order valence-electron chi connectivity index (χ0n) is 27.1. The fourth-order valence-electron chi connectivity index (χ4n) is 6.55. The minimum atomic E-state index is -0.602. The number of benzene rings is 2. The molecule has 2 aromatic carbocycles. The lowest BCUT2D eigenvalue weighted by Gasteiger charge is -2.38. The molecular formula is C34H42N4O8. The van der Waals surface area contributed by atoms with E-state index in [1.165, 1.54) is 32.1 Å². The molecule has 246 valence electrons. The van der Waals surface area contributed by atoms with Crippen LogP contribution in [0.2, 0.25) is 0 Å². The molecule has 1 fully saturated rings. The number of carbonyl (C=O) groups excluding carboxylic acids is 2. The minimum absolute atomic E-state index is 0.0272. The summed E-state index contributed by atoms with van der Waals surface area (Å²) in [4.78, 5) is 57.9. The van der Waals surface area contributed by atoms with E-state index in [-0.39, 0.29) is 36.6 Å². The Hall–Kier alpha value is -4.58. The van der Waals surface area contributed by atoms with Gasteiger partial charge in [-0.3, -0.25) is 23.5 Å². The van der Waals surface area contributed by atoms with Crippen LogP contribution in [0.15, 0.2) is 52.2 Å². The highest BCUT2D eigenvalue weighted by Crippen LogP contribution is 2.36. The lowest BCUT2D eigenvalue weighted by atomic mass is 10.0. The molecule has 0 spiro atoms. The summed E-state index contributed by atoms with van der Waals surface area (Å²) < 4.78 is 24.0. The van der Waals surface area contributed by atoms with Crippen molar-refractivity contribution >= 4 is 11.8 Å². The van der Waals surface area contributed by atoms with Crippen LogP contribution in [0.5, 0.6) is 17.2 Å². The van der Waals surface area contributed by atoms with Gasteiger partial charge in [-0.1, -0.05) is 18.2 Å². The number of fused-ring (bicyclic) bond motifs is 1. The van der Waals surface area contributed by atoms with Gasteiger partial charge >= 0.3 is 5.69 Å². The number of hydrogen-bond donors (Lipinski definition) is 0. The summed E-state index contributed by atoms with van der Waals surface area (Å²) >= 11 is 0. The summed E-state index contributed by atoms with van der Waals surface area (Å²) in [6.45, 7) is 3.13. The summed E-state index contributed by atoms with van der Waals surface area (Å²) in [5, 5.41) is 0. The van der Waals surface area contributed by atoms with Crippen molar-refractivity contribution in [2.75, 3.05) is 54.7 Å². The molecule has 0 aliphatic carbocycles. The topological polar surface area (TPSA) is 122 Å². The molecule has 5 rings (SSSR count). The van der Waals surface area contributed by atoms with Gasteiger partial charge in [0, 0.05) is 44.5 Å². The summed E-state index contributed by atoms with van der Waals surface area (Å²) in [5.41, 5.74) is 1.67. The van der Waals surface area contributed by atoms with Crippen molar-refractivity contribution in [3.63, 3.8) is 0 Å². The monoisotopic (exact) mass is 634 g/mol. The van der Waals surface area contributed by atoms with Crippen molar-refractivity contribution in [2.45, 2.75) is 51.2 Å². The normalized spacial score (nSPS) is 16.1. The van der Waals surface area contributed by atoms with Crippen molar-refractivity contribution in [1.82, 2.24) is 18.9 Å². The Morgan fingerprint density at radius 1 is 0.913 bits per heavy atom. The van der Waals surface area contributed by atoms with Crippen LogP contribution in [-0.2, 0) is 33.7 Å². The number of aromatic nitrogens is 2. The molecule has 12 nitrogen and oxygen atoms in total. The summed E-state index contributed by atoms with van der Waals surface area (Å²) in [6, 6.07) is 10.5. The molecule has 1 aromatic heterocycles. The quantitative estimate of drug-likeness (QED) is 0.334. The molecule has 1 saturated heterocycles. The van der Waals surface area contributed by atoms with Gasteiger partial charge in [0.2, 0.25) is 11.8 Å². The third-order valence-electron chi connectivity index (χ3n) is 8.99. The number of amides is 2. The number of para-hydroxylation sites is 1. The third kappa shape index (κ3) is 6.53. The van der Waals surface area contributed by atoms with Gasteiger partial charge in [-0.25, -0.2) is 4.79 Å². The van der Waals surface area contributed by atoms with Gasteiger partial charge in [-0.2, -0.15) is 0 Å². The predicted molar refractivity (Wildman–Crippen MR) is 172 cm³/mol. The highest BCUT2D eigenvalue weighted by molar-refractivity contribution is 5.80. The average Bonchev–Trinajstić information content (AvgIpc) is 3.23. The van der Waals surface area contributed by atoms with E-state index in [0.29, 0.717) is 56.0 Å². The Labute approximate surface area is 268 Å². The van der Waals surface area contributed by atoms with Crippen molar-refractivity contribution in [1.29, 1.82) is 0 Å². The van der Waals surface area contributed by atoms with Crippen LogP contribution in [0.4, 0.5) is 0 Å². The molecule has 0 N–H and O–H groups in total. The summed E-state index contributed by atoms with van der Waals surface area (Å²) in [7, 11) is 6.11. The second-order valence-corrected chi connectivity index (χ2v) is 11.7. The van der Waals surface area contributed by atoms with Crippen LogP contribution in [-0.4, -0.2) is 91.5 Å². The maximum atomic E-state index is 13.7. The fraction of sp³-hybridized carbons (Fsp3) is 0.471. The molecule has 1 atom stereocenters. The molecule has 0 saturated carbocycles. The summed E-state index contributed by atoms with van der Waals surface area (Å²) in [5.74, 6) is 1.41. The molecule has 3 heterocycles. The lowest BCUT2D eigenvalue weighted by molar-refractivity contribution is -0.136. The molecular weight excluding hydrogens is 592 g/mol. The highest BCUT2D eigenvalue weighted by Gasteiger charge is 2.32. The Balaban J connectivity index is 1.35. The largest absolute Gasteiger partial charge is 0.497 e. The van der Waals surface area contributed by atoms with Crippen LogP contribution in [0.3, 0.4) is 0 Å². The van der Waals surface area contributed by atoms with Gasteiger partial charge in [-0.05, 0) is 55.5 Å². The van der Waals surface area contributed by atoms with E-state index < -0.39 is 17.3 Å². The van der Waals surface area contributed by atoms with Gasteiger partial charge in [0.1, 0.15) is 12.3 Å². The first-order chi connectivity index (χ1) is 22.2. The first-order valence-corrected chi connectivity index (χ1v) is 15.5. The van der Waals surface area contributed by atoms with Crippen LogP contribution >= 0.6 is 0 Å². The van der Waals surface area contributed by atoms with Crippen LogP contribution in [0.25, 0.3) is 11.1 Å². The number of ether oxygens (including phenoxy) is 4. The van der Waals surface area contributed by atoms with E-state index in [2.05, 4.69) is 0 Å². The number of likely N-dealkylation sites (tertiary alicyclic amines) is 1. The van der Waals surface area contributed by atoms with Crippen molar-refractivity contribution in [3.05, 3.63) is 74.6 Å². The van der Waals surface area contributed by atoms with E-state index in [4.69, 9.17) is 18.9 Å². The van der Waals surface area contributed by atoms with Gasteiger partial charge in [0.05, 0.1) is 46.0 Å². The Kier molecular flexibility index (Phi) is 10.2. The van der Waals surface area contributed by atoms with Gasteiger partial charge in [0.25, 0.3) is 5.56 Å². The molecule has 2 aliphatic rings. The molecule has 46 heavy (non-hydrogen) atoms. The number of rotatable bonds is 10. The second kappa shape index (κ2) is 14.2. The number of piperidine rings is 1. The first-order valence-electron chi connectivity index (χ1n) is 15.5. The number of methoxy groups -OCH3 is 4. The van der Waals surface area contributed by atoms with E-state index in [1.54, 1.807) is 37.1 Å². The van der Waals surface area contributed by atoms with Crippen molar-refractivity contribution in [2.24, 2.45) is 0 Å².